The molecular formula is C12H14N2O3S. The van der Waals surface area contributed by atoms with E-state index in [-0.39, 0.29) is 11.2 Å². The van der Waals surface area contributed by atoms with Crippen LogP contribution >= 0.6 is 11.8 Å². The second-order valence-electron chi connectivity index (χ2n) is 3.96. The smallest absolute Gasteiger partial charge is 0.413 e. The van der Waals surface area contributed by atoms with Crippen LogP contribution in [0, 0.1) is 0 Å². The molecule has 0 spiro atoms. The second kappa shape index (κ2) is 4.89. The Balaban J connectivity index is 2.30. The van der Waals surface area contributed by atoms with Gasteiger partial charge in [-0.15, -0.1) is 11.8 Å². The molecule has 0 bridgehead atoms. The maximum absolute atomic E-state index is 11.6. The maximum Gasteiger partial charge on any atom is 0.413 e. The molecule has 96 valence electrons. The number of amides is 2. The van der Waals surface area contributed by atoms with Crippen molar-refractivity contribution in [3.63, 3.8) is 0 Å². The van der Waals surface area contributed by atoms with E-state index in [0.29, 0.717) is 5.69 Å². The van der Waals surface area contributed by atoms with Crippen LogP contribution in [0.3, 0.4) is 0 Å². The van der Waals surface area contributed by atoms with Crippen molar-refractivity contribution in [3.8, 4) is 0 Å². The lowest BCUT2D eigenvalue weighted by atomic mass is 10.2. The number of methoxy groups -OCH3 is 1. The zero-order valence-electron chi connectivity index (χ0n) is 10.4. The largest absolute Gasteiger partial charge is 0.452 e. The van der Waals surface area contributed by atoms with Crippen molar-refractivity contribution < 1.29 is 14.3 Å². The predicted octanol–water partition coefficient (Wildman–Crippen LogP) is 2.32. The molecule has 1 heterocycles. The minimum absolute atomic E-state index is 0.0228. The summed E-state index contributed by atoms with van der Waals surface area (Å²) in [4.78, 5) is 25.4. The highest BCUT2D eigenvalue weighted by molar-refractivity contribution is 8.00. The Morgan fingerprint density at radius 2 is 2.22 bits per heavy atom. The number of fused-ring (bicyclic) bond motifs is 1. The number of benzene rings is 1. The first-order valence-corrected chi connectivity index (χ1v) is 6.34. The van der Waals surface area contributed by atoms with Gasteiger partial charge in [-0.1, -0.05) is 0 Å². The van der Waals surface area contributed by atoms with Gasteiger partial charge in [0, 0.05) is 17.6 Å². The van der Waals surface area contributed by atoms with Crippen LogP contribution in [0.2, 0.25) is 0 Å². The third kappa shape index (κ3) is 2.28. The standard InChI is InChI=1S/C12H14N2O3S/c1-7-11(15)13-9-6-8(4-5-10(9)18-7)14(2)12(16)17-3/h4-7H,1-3H3,(H,13,15). The third-order valence-electron chi connectivity index (χ3n) is 2.73. The Morgan fingerprint density at radius 1 is 1.50 bits per heavy atom. The van der Waals surface area contributed by atoms with Crippen LogP contribution in [-0.4, -0.2) is 31.4 Å². The molecular weight excluding hydrogens is 252 g/mol. The number of nitrogens with one attached hydrogen (secondary N) is 1. The molecule has 0 saturated carbocycles. The molecule has 1 N–H and O–H groups in total. The Kier molecular flexibility index (Phi) is 3.47. The van der Waals surface area contributed by atoms with E-state index in [9.17, 15) is 9.59 Å². The number of hydrogen-bond donors (Lipinski definition) is 1. The number of carbonyl (C=O) groups is 2. The van der Waals surface area contributed by atoms with Gasteiger partial charge in [0.2, 0.25) is 5.91 Å². The minimum Gasteiger partial charge on any atom is -0.452 e. The number of hydrogen-bond acceptors (Lipinski definition) is 4. The fraction of sp³-hybridized carbons (Fsp3) is 0.333. The van der Waals surface area contributed by atoms with Gasteiger partial charge < -0.3 is 10.1 Å². The van der Waals surface area contributed by atoms with Gasteiger partial charge in [0.1, 0.15) is 0 Å². The van der Waals surface area contributed by atoms with E-state index in [1.54, 1.807) is 13.1 Å². The maximum atomic E-state index is 11.6. The highest BCUT2D eigenvalue weighted by Crippen LogP contribution is 2.37. The van der Waals surface area contributed by atoms with Crippen LogP contribution in [0.25, 0.3) is 0 Å². The minimum atomic E-state index is -0.446. The van der Waals surface area contributed by atoms with Crippen LogP contribution in [0.4, 0.5) is 16.2 Å². The molecule has 2 rings (SSSR count). The molecule has 1 aliphatic heterocycles. The fourth-order valence-corrected chi connectivity index (χ4v) is 2.58. The van der Waals surface area contributed by atoms with E-state index in [2.05, 4.69) is 10.1 Å². The van der Waals surface area contributed by atoms with E-state index in [0.717, 1.165) is 10.6 Å². The Hall–Kier alpha value is -1.69. The molecule has 2 amide bonds. The monoisotopic (exact) mass is 266 g/mol. The van der Waals surface area contributed by atoms with Crippen LogP contribution in [0.15, 0.2) is 23.1 Å². The SMILES string of the molecule is COC(=O)N(C)c1ccc2c(c1)NC(=O)C(C)S2. The van der Waals surface area contributed by atoms with Crippen LogP contribution < -0.4 is 10.2 Å². The molecule has 18 heavy (non-hydrogen) atoms. The second-order valence-corrected chi connectivity index (χ2v) is 5.34. The first kappa shape index (κ1) is 12.8. The summed E-state index contributed by atoms with van der Waals surface area (Å²) in [5, 5.41) is 2.73. The number of rotatable bonds is 1. The van der Waals surface area contributed by atoms with Crippen LogP contribution in [-0.2, 0) is 9.53 Å². The first-order chi connectivity index (χ1) is 8.52. The average Bonchev–Trinajstić information content (AvgIpc) is 2.37. The molecule has 1 aromatic rings. The molecule has 1 atom stereocenters. The van der Waals surface area contributed by atoms with Crippen LogP contribution in [0.1, 0.15) is 6.92 Å². The van der Waals surface area contributed by atoms with E-state index >= 15 is 0 Å². The Morgan fingerprint density at radius 3 is 2.89 bits per heavy atom. The van der Waals surface area contributed by atoms with Gasteiger partial charge in [0.25, 0.3) is 0 Å². The summed E-state index contributed by atoms with van der Waals surface area (Å²) in [7, 11) is 2.95. The Bertz CT molecular complexity index is 504. The molecule has 5 nitrogen and oxygen atoms in total. The number of anilines is 2. The van der Waals surface area contributed by atoms with E-state index in [1.165, 1.54) is 23.8 Å². The zero-order chi connectivity index (χ0) is 13.3. The number of ether oxygens (including phenoxy) is 1. The van der Waals surface area contributed by atoms with Crippen molar-refractivity contribution in [2.24, 2.45) is 0 Å². The predicted molar refractivity (Wildman–Crippen MR) is 71.2 cm³/mol. The molecule has 1 aromatic carbocycles. The summed E-state index contributed by atoms with van der Waals surface area (Å²) in [6, 6.07) is 5.49. The Labute approximate surface area is 109 Å². The topological polar surface area (TPSA) is 58.6 Å². The number of nitrogens with zero attached hydrogens (tertiary/aromatic N) is 1. The molecule has 0 radical (unpaired) electrons. The molecule has 6 heteroatoms. The molecule has 1 aliphatic rings. The van der Waals surface area contributed by atoms with Crippen molar-refractivity contribution in [2.45, 2.75) is 17.1 Å². The third-order valence-corrected chi connectivity index (χ3v) is 3.91. The lowest BCUT2D eigenvalue weighted by Gasteiger charge is -2.23. The number of thioether (sulfide) groups is 1. The molecule has 0 fully saturated rings. The lowest BCUT2D eigenvalue weighted by molar-refractivity contribution is -0.115. The summed E-state index contributed by atoms with van der Waals surface area (Å²) < 4.78 is 4.64. The summed E-state index contributed by atoms with van der Waals surface area (Å²) in [6.45, 7) is 1.86. The van der Waals surface area contributed by atoms with Gasteiger partial charge in [-0.05, 0) is 25.1 Å². The molecule has 1 unspecified atom stereocenters. The highest BCUT2D eigenvalue weighted by Gasteiger charge is 2.24. The van der Waals surface area contributed by atoms with Crippen LogP contribution in [0.5, 0.6) is 0 Å². The summed E-state index contributed by atoms with van der Waals surface area (Å²) in [5.41, 5.74) is 1.41. The first-order valence-electron chi connectivity index (χ1n) is 5.46. The van der Waals surface area contributed by atoms with Gasteiger partial charge in [-0.2, -0.15) is 0 Å². The van der Waals surface area contributed by atoms with Crippen molar-refractivity contribution in [1.82, 2.24) is 0 Å². The summed E-state index contributed by atoms with van der Waals surface area (Å²) in [6.07, 6.45) is -0.446. The van der Waals surface area contributed by atoms with E-state index in [4.69, 9.17) is 0 Å². The zero-order valence-corrected chi connectivity index (χ0v) is 11.2. The highest BCUT2D eigenvalue weighted by atomic mass is 32.2. The van der Waals surface area contributed by atoms with E-state index < -0.39 is 6.09 Å². The number of carbonyl (C=O) groups excluding carboxylic acids is 2. The quantitative estimate of drug-likeness (QED) is 0.847. The van der Waals surface area contributed by atoms with Crippen molar-refractivity contribution >= 4 is 35.1 Å². The van der Waals surface area contributed by atoms with Gasteiger partial charge >= 0.3 is 6.09 Å². The summed E-state index contributed by atoms with van der Waals surface area (Å²) in [5.74, 6) is -0.0228. The van der Waals surface area contributed by atoms with Gasteiger partial charge in [-0.3, -0.25) is 9.69 Å². The fourth-order valence-electron chi connectivity index (χ4n) is 1.65. The molecule has 0 aliphatic carbocycles. The van der Waals surface area contributed by atoms with Gasteiger partial charge in [0.05, 0.1) is 18.0 Å². The molecule has 0 aromatic heterocycles. The normalized spacial score (nSPS) is 17.7. The lowest BCUT2D eigenvalue weighted by Crippen LogP contribution is -2.28. The van der Waals surface area contributed by atoms with Crippen molar-refractivity contribution in [2.75, 3.05) is 24.4 Å². The van der Waals surface area contributed by atoms with E-state index in [1.807, 2.05) is 19.1 Å². The van der Waals surface area contributed by atoms with Crippen molar-refractivity contribution in [1.29, 1.82) is 0 Å². The molecule has 0 saturated heterocycles. The summed E-state index contributed by atoms with van der Waals surface area (Å²) >= 11 is 1.51. The van der Waals surface area contributed by atoms with Gasteiger partial charge in [-0.25, -0.2) is 4.79 Å². The average molecular weight is 266 g/mol. The van der Waals surface area contributed by atoms with Gasteiger partial charge in [0.15, 0.2) is 0 Å². The van der Waals surface area contributed by atoms with Crippen molar-refractivity contribution in [3.05, 3.63) is 18.2 Å².